The predicted molar refractivity (Wildman–Crippen MR) is 68.0 cm³/mol. The maximum Gasteiger partial charge on any atom is 0.120 e. The van der Waals surface area contributed by atoms with Gasteiger partial charge in [-0.25, -0.2) is 0 Å². The minimum absolute atomic E-state index is 0.320. The second-order valence-electron chi connectivity index (χ2n) is 4.94. The summed E-state index contributed by atoms with van der Waals surface area (Å²) in [5.74, 6) is 0.369. The van der Waals surface area contributed by atoms with Crippen molar-refractivity contribution in [1.82, 2.24) is 5.32 Å². The Bertz CT molecular complexity index is 357. The topological polar surface area (TPSA) is 41.5 Å². The Morgan fingerprint density at radius 1 is 1.24 bits per heavy atom. The van der Waals surface area contributed by atoms with Crippen LogP contribution in [0.25, 0.3) is 0 Å². The van der Waals surface area contributed by atoms with Gasteiger partial charge in [0.15, 0.2) is 0 Å². The summed E-state index contributed by atoms with van der Waals surface area (Å²) in [6.45, 7) is 4.95. The molecule has 2 unspecified atom stereocenters. The largest absolute Gasteiger partial charge is 0.508 e. The van der Waals surface area contributed by atoms with Crippen LogP contribution in [-0.2, 0) is 11.3 Å². The van der Waals surface area contributed by atoms with E-state index >= 15 is 0 Å². The van der Waals surface area contributed by atoms with Crippen LogP contribution in [0.5, 0.6) is 5.75 Å². The maximum absolute atomic E-state index is 9.68. The average molecular weight is 235 g/mol. The summed E-state index contributed by atoms with van der Waals surface area (Å²) in [4.78, 5) is 0. The Kier molecular flexibility index (Phi) is 4.02. The highest BCUT2D eigenvalue weighted by Gasteiger charge is 2.23. The summed E-state index contributed by atoms with van der Waals surface area (Å²) in [5, 5.41) is 13.2. The smallest absolute Gasteiger partial charge is 0.120 e. The monoisotopic (exact) mass is 235 g/mol. The number of rotatable bonds is 3. The molecule has 2 atom stereocenters. The first-order valence-electron chi connectivity index (χ1n) is 6.31. The molecule has 1 fully saturated rings. The zero-order chi connectivity index (χ0) is 12.3. The fraction of sp³-hybridized carbons (Fsp3) is 0.571. The van der Waals surface area contributed by atoms with Gasteiger partial charge in [-0.3, -0.25) is 0 Å². The van der Waals surface area contributed by atoms with Crippen molar-refractivity contribution in [2.45, 2.75) is 51.5 Å². The molecule has 0 bridgehead atoms. The molecule has 3 nitrogen and oxygen atoms in total. The number of para-hydroxylation sites is 1. The molecule has 0 radical (unpaired) electrons. The minimum Gasteiger partial charge on any atom is -0.508 e. The molecule has 1 heterocycles. The van der Waals surface area contributed by atoms with Gasteiger partial charge in [0.05, 0.1) is 12.2 Å². The summed E-state index contributed by atoms with van der Waals surface area (Å²) in [6.07, 6.45) is 2.72. The van der Waals surface area contributed by atoms with E-state index in [4.69, 9.17) is 4.74 Å². The van der Waals surface area contributed by atoms with Gasteiger partial charge in [-0.15, -0.1) is 0 Å². The van der Waals surface area contributed by atoms with Crippen molar-refractivity contribution in [3.63, 3.8) is 0 Å². The number of nitrogens with one attached hydrogen (secondary N) is 1. The van der Waals surface area contributed by atoms with Crippen molar-refractivity contribution in [3.8, 4) is 5.75 Å². The summed E-state index contributed by atoms with van der Waals surface area (Å²) < 4.78 is 5.70. The van der Waals surface area contributed by atoms with Crippen LogP contribution in [0.2, 0.25) is 0 Å². The van der Waals surface area contributed by atoms with E-state index in [1.54, 1.807) is 6.07 Å². The highest BCUT2D eigenvalue weighted by Crippen LogP contribution is 2.20. The number of aromatic hydroxyl groups is 1. The lowest BCUT2D eigenvalue weighted by atomic mass is 9.99. The fourth-order valence-electron chi connectivity index (χ4n) is 2.49. The lowest BCUT2D eigenvalue weighted by Gasteiger charge is -2.32. The molecule has 0 aliphatic carbocycles. The first-order chi connectivity index (χ1) is 8.15. The number of phenols is 1. The van der Waals surface area contributed by atoms with Gasteiger partial charge in [0, 0.05) is 18.2 Å². The van der Waals surface area contributed by atoms with Gasteiger partial charge in [0.1, 0.15) is 5.75 Å². The quantitative estimate of drug-likeness (QED) is 0.845. The first-order valence-corrected chi connectivity index (χ1v) is 6.31. The van der Waals surface area contributed by atoms with Crippen LogP contribution in [0.4, 0.5) is 0 Å². The van der Waals surface area contributed by atoms with E-state index in [0.717, 1.165) is 24.9 Å². The van der Waals surface area contributed by atoms with E-state index in [1.807, 2.05) is 18.2 Å². The van der Waals surface area contributed by atoms with Gasteiger partial charge in [-0.1, -0.05) is 18.2 Å². The highest BCUT2D eigenvalue weighted by molar-refractivity contribution is 5.31. The van der Waals surface area contributed by atoms with Crippen LogP contribution in [0.15, 0.2) is 24.3 Å². The number of phenolic OH excluding ortho intramolecular Hbond substituents is 1. The number of benzene rings is 1. The molecule has 3 heteroatoms. The van der Waals surface area contributed by atoms with Gasteiger partial charge < -0.3 is 15.2 Å². The molecule has 17 heavy (non-hydrogen) atoms. The third-order valence-corrected chi connectivity index (χ3v) is 3.27. The van der Waals surface area contributed by atoms with Crippen LogP contribution >= 0.6 is 0 Å². The second kappa shape index (κ2) is 5.52. The molecule has 1 aromatic rings. The molecule has 1 aliphatic heterocycles. The normalized spacial score (nSPS) is 29.2. The maximum atomic E-state index is 9.68. The molecular weight excluding hydrogens is 214 g/mol. The lowest BCUT2D eigenvalue weighted by Crippen LogP contribution is -2.40. The van der Waals surface area contributed by atoms with E-state index in [2.05, 4.69) is 19.2 Å². The van der Waals surface area contributed by atoms with Crippen molar-refractivity contribution in [1.29, 1.82) is 0 Å². The first kappa shape index (κ1) is 12.4. The molecule has 1 saturated heterocycles. The van der Waals surface area contributed by atoms with Crippen molar-refractivity contribution in [2.75, 3.05) is 0 Å². The van der Waals surface area contributed by atoms with Gasteiger partial charge in [-0.05, 0) is 32.8 Å². The van der Waals surface area contributed by atoms with E-state index in [9.17, 15) is 5.11 Å². The third-order valence-electron chi connectivity index (χ3n) is 3.27. The zero-order valence-corrected chi connectivity index (χ0v) is 10.5. The molecule has 0 aromatic heterocycles. The zero-order valence-electron chi connectivity index (χ0n) is 10.5. The van der Waals surface area contributed by atoms with E-state index in [0.29, 0.717) is 24.0 Å². The molecular formula is C14H21NO2. The SMILES string of the molecule is CC1CC(NCc2ccccc2O)CC(C)O1. The summed E-state index contributed by atoms with van der Waals surface area (Å²) >= 11 is 0. The molecule has 0 spiro atoms. The van der Waals surface area contributed by atoms with Crippen molar-refractivity contribution >= 4 is 0 Å². The Labute approximate surface area is 103 Å². The Morgan fingerprint density at radius 3 is 2.53 bits per heavy atom. The molecule has 2 rings (SSSR count). The molecule has 2 N–H and O–H groups in total. The van der Waals surface area contributed by atoms with E-state index < -0.39 is 0 Å². The number of hydrogen-bond donors (Lipinski definition) is 2. The standard InChI is InChI=1S/C14H21NO2/c1-10-7-13(8-11(2)17-10)15-9-12-5-3-4-6-14(12)16/h3-6,10-11,13,15-16H,7-9H2,1-2H3. The van der Waals surface area contributed by atoms with Crippen LogP contribution in [-0.4, -0.2) is 23.4 Å². The van der Waals surface area contributed by atoms with Gasteiger partial charge in [-0.2, -0.15) is 0 Å². The Hall–Kier alpha value is -1.06. The molecule has 1 aliphatic rings. The van der Waals surface area contributed by atoms with Crippen molar-refractivity contribution in [2.24, 2.45) is 0 Å². The third kappa shape index (κ3) is 3.45. The molecule has 1 aromatic carbocycles. The predicted octanol–water partition coefficient (Wildman–Crippen LogP) is 2.44. The van der Waals surface area contributed by atoms with Crippen LogP contribution in [0, 0.1) is 0 Å². The van der Waals surface area contributed by atoms with Gasteiger partial charge in [0.2, 0.25) is 0 Å². The van der Waals surface area contributed by atoms with Crippen LogP contribution < -0.4 is 5.32 Å². The lowest BCUT2D eigenvalue weighted by molar-refractivity contribution is -0.0423. The van der Waals surface area contributed by atoms with Crippen molar-refractivity contribution in [3.05, 3.63) is 29.8 Å². The van der Waals surface area contributed by atoms with E-state index in [1.165, 1.54) is 0 Å². The highest BCUT2D eigenvalue weighted by atomic mass is 16.5. The summed E-state index contributed by atoms with van der Waals surface area (Å²) in [5.41, 5.74) is 0.958. The second-order valence-corrected chi connectivity index (χ2v) is 4.94. The number of ether oxygens (including phenoxy) is 1. The minimum atomic E-state index is 0.320. The van der Waals surface area contributed by atoms with Crippen LogP contribution in [0.1, 0.15) is 32.3 Å². The van der Waals surface area contributed by atoms with Gasteiger partial charge >= 0.3 is 0 Å². The van der Waals surface area contributed by atoms with E-state index in [-0.39, 0.29) is 0 Å². The van der Waals surface area contributed by atoms with Crippen molar-refractivity contribution < 1.29 is 9.84 Å². The van der Waals surface area contributed by atoms with Gasteiger partial charge in [0.25, 0.3) is 0 Å². The molecule has 0 saturated carbocycles. The van der Waals surface area contributed by atoms with Crippen LogP contribution in [0.3, 0.4) is 0 Å². The summed E-state index contributed by atoms with van der Waals surface area (Å²) in [6, 6.07) is 7.96. The Balaban J connectivity index is 1.88. The number of hydrogen-bond acceptors (Lipinski definition) is 3. The molecule has 0 amide bonds. The average Bonchev–Trinajstić information content (AvgIpc) is 2.27. The summed E-state index contributed by atoms with van der Waals surface area (Å²) in [7, 11) is 0. The molecule has 94 valence electrons. The fourth-order valence-corrected chi connectivity index (χ4v) is 2.49. The Morgan fingerprint density at radius 2 is 1.88 bits per heavy atom.